The lowest BCUT2D eigenvalue weighted by Crippen LogP contribution is -2.13. The summed E-state index contributed by atoms with van der Waals surface area (Å²) >= 11 is 0. The van der Waals surface area contributed by atoms with E-state index < -0.39 is 17.4 Å². The summed E-state index contributed by atoms with van der Waals surface area (Å²) in [4.78, 5) is 0. The Labute approximate surface area is 152 Å². The first-order valence-electron chi connectivity index (χ1n) is 8.01. The van der Waals surface area contributed by atoms with E-state index in [1.54, 1.807) is 44.2 Å². The Morgan fingerprint density at radius 2 is 1.77 bits per heavy atom. The Hall–Kier alpha value is -1.87. The summed E-state index contributed by atoms with van der Waals surface area (Å²) in [7, 11) is -7.02. The van der Waals surface area contributed by atoms with Gasteiger partial charge in [0.05, 0.1) is 30.8 Å². The van der Waals surface area contributed by atoms with Gasteiger partial charge in [-0.2, -0.15) is 4.68 Å². The van der Waals surface area contributed by atoms with Crippen LogP contribution in [0.25, 0.3) is 5.69 Å². The number of tetrazole rings is 1. The smallest absolute Gasteiger partial charge is 0.309 e. The number of benzene rings is 1. The van der Waals surface area contributed by atoms with E-state index in [0.29, 0.717) is 5.69 Å². The molecule has 142 valence electrons. The van der Waals surface area contributed by atoms with E-state index in [9.17, 15) is 13.0 Å². The fraction of sp³-hybridized carbons (Fsp3) is 0.400. The highest BCUT2D eigenvalue weighted by Gasteiger charge is 2.24. The minimum Gasteiger partial charge on any atom is -0.309 e. The maximum Gasteiger partial charge on any atom is 0.334 e. The molecule has 2 aromatic rings. The first-order valence-corrected chi connectivity index (χ1v) is 11.4. The molecular weight excluding hydrogens is 379 g/mol. The van der Waals surface area contributed by atoms with Gasteiger partial charge in [0.1, 0.15) is 0 Å². The summed E-state index contributed by atoms with van der Waals surface area (Å²) in [6.07, 6.45) is 2.86. The fourth-order valence-corrected chi connectivity index (χ4v) is 4.70. The summed E-state index contributed by atoms with van der Waals surface area (Å²) in [5.74, 6) is -0.335. The Balaban J connectivity index is 2.11. The number of nitrogens with zero attached hydrogens (tertiary/aromatic N) is 4. The topological polar surface area (TPSA) is 113 Å². The molecule has 11 heteroatoms. The van der Waals surface area contributed by atoms with Crippen molar-refractivity contribution in [3.8, 4) is 5.69 Å². The summed E-state index contributed by atoms with van der Waals surface area (Å²) in [5.41, 5.74) is 0.539. The molecule has 0 bridgehead atoms. The zero-order valence-electron chi connectivity index (χ0n) is 14.6. The minimum absolute atomic E-state index is 0.00613. The molecule has 0 amide bonds. The van der Waals surface area contributed by atoms with Gasteiger partial charge in [0, 0.05) is 0 Å². The second kappa shape index (κ2) is 9.18. The van der Waals surface area contributed by atoms with Crippen LogP contribution in [0.1, 0.15) is 13.8 Å². The monoisotopic (exact) mass is 400 g/mol. The molecule has 1 aromatic carbocycles. The number of para-hydroxylation sites is 1. The van der Waals surface area contributed by atoms with Crippen LogP contribution >= 0.6 is 7.60 Å². The van der Waals surface area contributed by atoms with Crippen LogP contribution in [0.15, 0.2) is 47.6 Å². The van der Waals surface area contributed by atoms with E-state index in [4.69, 9.17) is 9.05 Å². The van der Waals surface area contributed by atoms with Crippen molar-refractivity contribution in [1.29, 1.82) is 0 Å². The number of rotatable bonds is 10. The molecule has 0 aliphatic carbocycles. The maximum atomic E-state index is 12.5. The Morgan fingerprint density at radius 3 is 2.38 bits per heavy atom. The van der Waals surface area contributed by atoms with Crippen LogP contribution < -0.4 is 0 Å². The maximum absolute atomic E-state index is 12.5. The minimum atomic E-state index is -3.77. The fourth-order valence-electron chi connectivity index (χ4n) is 2.11. The molecule has 1 heterocycles. The van der Waals surface area contributed by atoms with Crippen molar-refractivity contribution in [2.45, 2.75) is 19.0 Å². The van der Waals surface area contributed by atoms with E-state index in [1.165, 1.54) is 12.2 Å². The van der Waals surface area contributed by atoms with Crippen LogP contribution in [0.5, 0.6) is 0 Å². The molecule has 0 saturated carbocycles. The van der Waals surface area contributed by atoms with Crippen molar-refractivity contribution >= 4 is 17.4 Å². The van der Waals surface area contributed by atoms with E-state index in [0.717, 1.165) is 4.68 Å². The summed E-state index contributed by atoms with van der Waals surface area (Å²) in [6, 6.07) is 8.72. The highest BCUT2D eigenvalue weighted by atomic mass is 32.2. The van der Waals surface area contributed by atoms with Crippen molar-refractivity contribution < 1.29 is 22.0 Å². The molecule has 0 aliphatic heterocycles. The van der Waals surface area contributed by atoms with Gasteiger partial charge in [-0.1, -0.05) is 35.4 Å². The number of aromatic nitrogens is 4. The molecule has 0 atom stereocenters. The summed E-state index contributed by atoms with van der Waals surface area (Å²) in [5, 5.41) is 10.6. The van der Waals surface area contributed by atoms with Gasteiger partial charge in [-0.3, -0.25) is 4.57 Å². The highest BCUT2D eigenvalue weighted by Crippen LogP contribution is 2.47. The second-order valence-electron chi connectivity index (χ2n) is 5.09. The molecular formula is C15H21N4O5PS. The number of hydrogen-bond acceptors (Lipinski definition) is 8. The predicted octanol–water partition coefficient (Wildman–Crippen LogP) is 2.26. The third-order valence-corrected chi connectivity index (χ3v) is 6.59. The van der Waals surface area contributed by atoms with Crippen molar-refractivity contribution in [3.05, 3.63) is 42.5 Å². The average molecular weight is 400 g/mol. The zero-order chi connectivity index (χ0) is 19.0. The van der Waals surface area contributed by atoms with Crippen molar-refractivity contribution in [2.75, 3.05) is 25.1 Å². The first kappa shape index (κ1) is 20.4. The number of hydrogen-bond donors (Lipinski definition) is 0. The predicted molar refractivity (Wildman–Crippen MR) is 96.1 cm³/mol. The summed E-state index contributed by atoms with van der Waals surface area (Å²) in [6.45, 7) is 3.91. The molecule has 0 aliphatic rings. The van der Waals surface area contributed by atoms with Crippen molar-refractivity contribution in [3.63, 3.8) is 0 Å². The quantitative estimate of drug-likeness (QED) is 0.441. The van der Waals surface area contributed by atoms with Gasteiger partial charge >= 0.3 is 7.60 Å². The third-order valence-electron chi connectivity index (χ3n) is 3.18. The molecule has 0 radical (unpaired) electrons. The normalized spacial score (nSPS) is 12.7. The molecule has 0 saturated heterocycles. The van der Waals surface area contributed by atoms with Crippen LogP contribution in [-0.2, 0) is 23.4 Å². The van der Waals surface area contributed by atoms with Crippen LogP contribution in [0.4, 0.5) is 0 Å². The van der Waals surface area contributed by atoms with Gasteiger partial charge in [0.25, 0.3) is 5.16 Å². The number of sulfone groups is 1. The molecule has 0 N–H and O–H groups in total. The second-order valence-corrected chi connectivity index (χ2v) is 9.12. The lowest BCUT2D eigenvalue weighted by Gasteiger charge is -2.14. The third kappa shape index (κ3) is 5.31. The van der Waals surface area contributed by atoms with Crippen LogP contribution in [0, 0.1) is 0 Å². The molecule has 0 fully saturated rings. The molecule has 2 rings (SSSR count). The van der Waals surface area contributed by atoms with E-state index >= 15 is 0 Å². The van der Waals surface area contributed by atoms with E-state index in [1.807, 2.05) is 0 Å². The van der Waals surface area contributed by atoms with E-state index in [-0.39, 0.29) is 30.3 Å². The highest BCUT2D eigenvalue weighted by molar-refractivity contribution is 7.91. The molecule has 0 unspecified atom stereocenters. The standard InChI is InChI=1S/C15H21N4O5PS/c1-3-23-25(20,24-4-2)12-8-9-13-26(21,22)15-16-17-18-19(15)14-10-6-5-7-11-14/h5-11H,3-4,12-13H2,1-2H3/b9-8+. The molecule has 9 nitrogen and oxygen atoms in total. The molecule has 0 spiro atoms. The zero-order valence-corrected chi connectivity index (χ0v) is 16.3. The van der Waals surface area contributed by atoms with Crippen LogP contribution in [0.3, 0.4) is 0 Å². The SMILES string of the molecule is CCOP(=O)(C/C=C/CS(=O)(=O)c1nnnn1-c1ccccc1)OCC. The van der Waals surface area contributed by atoms with Gasteiger partial charge in [-0.05, 0) is 36.4 Å². The lowest BCUT2D eigenvalue weighted by molar-refractivity contribution is 0.222. The molecule has 26 heavy (non-hydrogen) atoms. The lowest BCUT2D eigenvalue weighted by atomic mass is 10.3. The van der Waals surface area contributed by atoms with Gasteiger partial charge in [-0.15, -0.1) is 0 Å². The van der Waals surface area contributed by atoms with Gasteiger partial charge < -0.3 is 9.05 Å². The van der Waals surface area contributed by atoms with E-state index in [2.05, 4.69) is 15.5 Å². The Bertz CT molecular complexity index is 872. The van der Waals surface area contributed by atoms with Gasteiger partial charge in [0.2, 0.25) is 9.84 Å². The van der Waals surface area contributed by atoms with Crippen molar-refractivity contribution in [2.24, 2.45) is 0 Å². The largest absolute Gasteiger partial charge is 0.334 e. The number of allylic oxidation sites excluding steroid dienone is 1. The molecule has 1 aromatic heterocycles. The van der Waals surface area contributed by atoms with Gasteiger partial charge in [0.15, 0.2) is 0 Å². The average Bonchev–Trinajstić information content (AvgIpc) is 3.11. The van der Waals surface area contributed by atoms with Crippen LogP contribution in [-0.4, -0.2) is 53.8 Å². The Kier molecular flexibility index (Phi) is 7.22. The first-order chi connectivity index (χ1) is 12.4. The van der Waals surface area contributed by atoms with Crippen LogP contribution in [0.2, 0.25) is 0 Å². The summed E-state index contributed by atoms with van der Waals surface area (Å²) < 4.78 is 48.8. The van der Waals surface area contributed by atoms with Crippen molar-refractivity contribution in [1.82, 2.24) is 20.2 Å². The van der Waals surface area contributed by atoms with Gasteiger partial charge in [-0.25, -0.2) is 8.42 Å². The Morgan fingerprint density at radius 1 is 1.12 bits per heavy atom.